The number of aryl methyl sites for hydroxylation is 1. The summed E-state index contributed by atoms with van der Waals surface area (Å²) in [7, 11) is 0. The molecule has 0 radical (unpaired) electrons. The molecular weight excluding hydrogens is 537 g/mol. The van der Waals surface area contributed by atoms with E-state index in [9.17, 15) is 14.4 Å². The summed E-state index contributed by atoms with van der Waals surface area (Å²) >= 11 is 12.2. The number of aliphatic carboxylic acids is 1. The number of nitrogens with one attached hydrogen (secondary N) is 2. The maximum absolute atomic E-state index is 13.1. The predicted molar refractivity (Wildman–Crippen MR) is 142 cm³/mol. The normalized spacial score (nSPS) is 11.1. The molecule has 0 aliphatic carbocycles. The van der Waals surface area contributed by atoms with E-state index in [2.05, 4.69) is 15.6 Å². The van der Waals surface area contributed by atoms with Gasteiger partial charge in [-0.3, -0.25) is 4.79 Å². The second-order valence-corrected chi connectivity index (χ2v) is 9.86. The zero-order valence-corrected chi connectivity index (χ0v) is 22.3. The molecule has 13 heteroatoms. The van der Waals surface area contributed by atoms with Crippen molar-refractivity contribution in [3.8, 4) is 11.8 Å². The monoisotopic (exact) mass is 561 g/mol. The van der Waals surface area contributed by atoms with E-state index in [4.69, 9.17) is 43.0 Å². The maximum atomic E-state index is 13.1. The van der Waals surface area contributed by atoms with Gasteiger partial charge in [-0.2, -0.15) is 5.26 Å². The van der Waals surface area contributed by atoms with Crippen molar-refractivity contribution < 1.29 is 24.2 Å². The average Bonchev–Trinajstić information content (AvgIpc) is 2.82. The summed E-state index contributed by atoms with van der Waals surface area (Å²) in [5.41, 5.74) is 0.0687. The lowest BCUT2D eigenvalue weighted by molar-refractivity contribution is -0.139. The molecule has 0 saturated heterocycles. The Labute approximate surface area is 227 Å². The van der Waals surface area contributed by atoms with Gasteiger partial charge in [-0.05, 0) is 57.5 Å². The van der Waals surface area contributed by atoms with E-state index < -0.39 is 29.8 Å². The SMILES string of the molecule is CC(C)(C)OC(=O)NCCCn1c(=O)c(OCC(=O)O)cc2cc(Nc3nc(Cl)c(C#N)cc3Cl)ccc21. The van der Waals surface area contributed by atoms with Gasteiger partial charge in [-0.1, -0.05) is 23.2 Å². The van der Waals surface area contributed by atoms with Crippen molar-refractivity contribution in [2.24, 2.45) is 0 Å². The highest BCUT2D eigenvalue weighted by molar-refractivity contribution is 6.35. The second-order valence-electron chi connectivity index (χ2n) is 9.10. The number of carboxylic acid groups (broad SMARTS) is 1. The fourth-order valence-electron chi connectivity index (χ4n) is 3.41. The van der Waals surface area contributed by atoms with E-state index in [1.54, 1.807) is 39.0 Å². The second kappa shape index (κ2) is 12.0. The molecule has 200 valence electrons. The average molecular weight is 562 g/mol. The van der Waals surface area contributed by atoms with Gasteiger partial charge in [-0.15, -0.1) is 0 Å². The van der Waals surface area contributed by atoms with Crippen LogP contribution in [0.5, 0.6) is 5.75 Å². The van der Waals surface area contributed by atoms with Gasteiger partial charge in [0.05, 0.1) is 16.1 Å². The number of pyridine rings is 2. The van der Waals surface area contributed by atoms with E-state index in [1.165, 1.54) is 16.7 Å². The zero-order chi connectivity index (χ0) is 28.0. The standard InChI is InChI=1S/C25H25Cl2N5O6/c1-25(2,3)38-24(36)29-7-4-8-32-18-6-5-16(30-22-17(26)10-15(12-28)21(27)31-22)9-14(18)11-19(23(32)35)37-13-20(33)34/h5-6,9-11H,4,7-8,13H2,1-3H3,(H,29,36)(H,30,31)(H,33,34). The number of rotatable bonds is 9. The number of amides is 1. The number of halogens is 2. The molecule has 0 fully saturated rings. The Morgan fingerprint density at radius 2 is 1.95 bits per heavy atom. The lowest BCUT2D eigenvalue weighted by Crippen LogP contribution is -2.33. The van der Waals surface area contributed by atoms with E-state index in [0.29, 0.717) is 23.0 Å². The van der Waals surface area contributed by atoms with Crippen LogP contribution in [0.1, 0.15) is 32.8 Å². The van der Waals surface area contributed by atoms with Crippen molar-refractivity contribution in [1.29, 1.82) is 5.26 Å². The molecule has 2 heterocycles. The summed E-state index contributed by atoms with van der Waals surface area (Å²) in [6.45, 7) is 5.02. The number of alkyl carbamates (subject to hydrolysis) is 1. The molecule has 3 rings (SSSR count). The zero-order valence-electron chi connectivity index (χ0n) is 20.8. The topological polar surface area (TPSA) is 156 Å². The Balaban J connectivity index is 1.89. The highest BCUT2D eigenvalue weighted by atomic mass is 35.5. The van der Waals surface area contributed by atoms with Crippen LogP contribution in [0.2, 0.25) is 10.2 Å². The number of nitriles is 1. The Kier molecular flexibility index (Phi) is 9.04. The van der Waals surface area contributed by atoms with Gasteiger partial charge < -0.3 is 29.8 Å². The van der Waals surface area contributed by atoms with Crippen LogP contribution in [0.4, 0.5) is 16.3 Å². The molecule has 3 N–H and O–H groups in total. The maximum Gasteiger partial charge on any atom is 0.407 e. The number of carbonyl (C=O) groups is 2. The number of benzene rings is 1. The first-order chi connectivity index (χ1) is 17.9. The summed E-state index contributed by atoms with van der Waals surface area (Å²) in [6, 6.07) is 9.82. The van der Waals surface area contributed by atoms with Crippen LogP contribution in [0.15, 0.2) is 35.1 Å². The minimum Gasteiger partial charge on any atom is -0.479 e. The van der Waals surface area contributed by atoms with E-state index in [-0.39, 0.29) is 40.4 Å². The number of nitrogens with zero attached hydrogens (tertiary/aromatic N) is 3. The Morgan fingerprint density at radius 3 is 2.61 bits per heavy atom. The van der Waals surface area contributed by atoms with Gasteiger partial charge in [0.2, 0.25) is 0 Å². The largest absolute Gasteiger partial charge is 0.479 e. The third-order valence-corrected chi connectivity index (χ3v) is 5.53. The molecule has 0 aliphatic heterocycles. The van der Waals surface area contributed by atoms with Crippen LogP contribution < -0.4 is 20.9 Å². The van der Waals surface area contributed by atoms with Gasteiger partial charge in [0, 0.05) is 24.2 Å². The van der Waals surface area contributed by atoms with Crippen LogP contribution in [-0.4, -0.2) is 45.5 Å². The molecule has 3 aromatic rings. The lowest BCUT2D eigenvalue weighted by Gasteiger charge is -2.20. The van der Waals surface area contributed by atoms with E-state index >= 15 is 0 Å². The summed E-state index contributed by atoms with van der Waals surface area (Å²) in [5.74, 6) is -1.15. The number of aromatic nitrogens is 2. The van der Waals surface area contributed by atoms with Gasteiger partial charge in [0.1, 0.15) is 16.8 Å². The van der Waals surface area contributed by atoms with Crippen molar-refractivity contribution in [3.63, 3.8) is 0 Å². The molecule has 1 amide bonds. The summed E-state index contributed by atoms with van der Waals surface area (Å²) in [5, 5.41) is 24.5. The predicted octanol–water partition coefficient (Wildman–Crippen LogP) is 4.70. The molecule has 0 aliphatic rings. The summed E-state index contributed by atoms with van der Waals surface area (Å²) in [6.07, 6.45) is -0.181. The Morgan fingerprint density at radius 1 is 1.21 bits per heavy atom. The number of hydrogen-bond acceptors (Lipinski definition) is 8. The Bertz CT molecular complexity index is 1480. The van der Waals surface area contributed by atoms with E-state index in [0.717, 1.165) is 0 Å². The molecule has 0 bridgehead atoms. The number of carbonyl (C=O) groups excluding carboxylic acids is 1. The minimum atomic E-state index is -1.23. The molecule has 0 spiro atoms. The third kappa shape index (κ3) is 7.50. The van der Waals surface area contributed by atoms with Crippen LogP contribution >= 0.6 is 23.2 Å². The van der Waals surface area contributed by atoms with Crippen molar-refractivity contribution in [1.82, 2.24) is 14.9 Å². The molecule has 0 saturated carbocycles. The fraction of sp³-hybridized carbons (Fsp3) is 0.320. The minimum absolute atomic E-state index is 0.0154. The quantitative estimate of drug-likeness (QED) is 0.249. The first-order valence-corrected chi connectivity index (χ1v) is 12.2. The number of anilines is 2. The number of hydrogen-bond donors (Lipinski definition) is 3. The molecule has 0 atom stereocenters. The molecule has 11 nitrogen and oxygen atoms in total. The number of carboxylic acids is 1. The smallest absolute Gasteiger partial charge is 0.407 e. The first-order valence-electron chi connectivity index (χ1n) is 11.4. The van der Waals surface area contributed by atoms with Gasteiger partial charge in [-0.25, -0.2) is 14.6 Å². The molecule has 0 unspecified atom stereocenters. The summed E-state index contributed by atoms with van der Waals surface area (Å²) < 4.78 is 11.9. The van der Waals surface area contributed by atoms with Gasteiger partial charge >= 0.3 is 12.1 Å². The van der Waals surface area contributed by atoms with Crippen LogP contribution in [0, 0.1) is 11.3 Å². The molecule has 2 aromatic heterocycles. The van der Waals surface area contributed by atoms with Crippen LogP contribution in [-0.2, 0) is 16.1 Å². The van der Waals surface area contributed by atoms with Crippen molar-refractivity contribution in [2.45, 2.75) is 39.3 Å². The van der Waals surface area contributed by atoms with Gasteiger partial charge in [0.15, 0.2) is 18.2 Å². The highest BCUT2D eigenvalue weighted by Gasteiger charge is 2.17. The van der Waals surface area contributed by atoms with Gasteiger partial charge in [0.25, 0.3) is 5.56 Å². The summed E-state index contributed by atoms with van der Waals surface area (Å²) in [4.78, 5) is 40.1. The van der Waals surface area contributed by atoms with Crippen LogP contribution in [0.3, 0.4) is 0 Å². The molecule has 38 heavy (non-hydrogen) atoms. The number of ether oxygens (including phenoxy) is 2. The Hall–Kier alpha value is -4.01. The lowest BCUT2D eigenvalue weighted by atomic mass is 10.1. The fourth-order valence-corrected chi connectivity index (χ4v) is 3.79. The first kappa shape index (κ1) is 28.6. The van der Waals surface area contributed by atoms with Crippen LogP contribution in [0.25, 0.3) is 10.9 Å². The third-order valence-electron chi connectivity index (χ3n) is 4.95. The highest BCUT2D eigenvalue weighted by Crippen LogP contribution is 2.29. The van der Waals surface area contributed by atoms with Crippen molar-refractivity contribution in [2.75, 3.05) is 18.5 Å². The van der Waals surface area contributed by atoms with Crippen molar-refractivity contribution >= 4 is 57.7 Å². The van der Waals surface area contributed by atoms with E-state index in [1.807, 2.05) is 6.07 Å². The number of fused-ring (bicyclic) bond motifs is 1. The molecular formula is C25H25Cl2N5O6. The molecule has 1 aromatic carbocycles. The van der Waals surface area contributed by atoms with Crippen molar-refractivity contribution in [3.05, 3.63) is 56.4 Å².